The number of likely N-dealkylation sites (N-methyl/N-ethyl adjacent to an activating group) is 2. The van der Waals surface area contributed by atoms with E-state index in [4.69, 9.17) is 9.47 Å². The molecule has 3 aromatic rings. The molecular formula is C24H28N2O3S. The van der Waals surface area contributed by atoms with Crippen molar-refractivity contribution < 1.29 is 14.3 Å². The van der Waals surface area contributed by atoms with Crippen molar-refractivity contribution >= 4 is 27.3 Å². The summed E-state index contributed by atoms with van der Waals surface area (Å²) in [5.41, 5.74) is 1.22. The standard InChI is InChI=1S/C24H28N2O3S/c1-25-13-12-17(16-25)22-18-8-4-7-11-21(18)30-23(22)24(27)26(2)14-15-29-20-10-6-5-9-19(20)28-3/h4-11,17H,12-16H2,1-3H3/t17-/m0/s1. The van der Waals surface area contributed by atoms with Gasteiger partial charge >= 0.3 is 0 Å². The maximum atomic E-state index is 13.4. The quantitative estimate of drug-likeness (QED) is 0.561. The van der Waals surface area contributed by atoms with Gasteiger partial charge in [-0.05, 0) is 49.2 Å². The van der Waals surface area contributed by atoms with E-state index in [1.165, 1.54) is 15.6 Å². The second-order valence-electron chi connectivity index (χ2n) is 7.81. The summed E-state index contributed by atoms with van der Waals surface area (Å²) >= 11 is 1.61. The normalized spacial score (nSPS) is 16.7. The van der Waals surface area contributed by atoms with Gasteiger partial charge < -0.3 is 19.3 Å². The number of hydrogen-bond acceptors (Lipinski definition) is 5. The number of nitrogens with zero attached hydrogens (tertiary/aromatic N) is 2. The molecule has 158 valence electrons. The van der Waals surface area contributed by atoms with Gasteiger partial charge in [-0.2, -0.15) is 0 Å². The topological polar surface area (TPSA) is 42.0 Å². The zero-order valence-electron chi connectivity index (χ0n) is 17.8. The predicted molar refractivity (Wildman–Crippen MR) is 122 cm³/mol. The Hall–Kier alpha value is -2.57. The third-order valence-corrected chi connectivity index (χ3v) is 6.90. The molecule has 1 aliphatic rings. The molecule has 2 aromatic carbocycles. The minimum Gasteiger partial charge on any atom is -0.493 e. The molecule has 0 bridgehead atoms. The molecule has 0 radical (unpaired) electrons. The summed E-state index contributed by atoms with van der Waals surface area (Å²) in [5, 5.41) is 1.23. The van der Waals surface area contributed by atoms with Gasteiger partial charge in [0.2, 0.25) is 0 Å². The van der Waals surface area contributed by atoms with Gasteiger partial charge in [0.15, 0.2) is 11.5 Å². The maximum Gasteiger partial charge on any atom is 0.264 e. The number of para-hydroxylation sites is 2. The smallest absolute Gasteiger partial charge is 0.264 e. The Morgan fingerprint density at radius 3 is 2.63 bits per heavy atom. The Bertz CT molecular complexity index is 1030. The zero-order chi connectivity index (χ0) is 21.1. The van der Waals surface area contributed by atoms with Gasteiger partial charge in [-0.25, -0.2) is 0 Å². The molecule has 2 heterocycles. The van der Waals surface area contributed by atoms with Crippen molar-refractivity contribution in [1.29, 1.82) is 0 Å². The first kappa shape index (κ1) is 20.7. The zero-order valence-corrected chi connectivity index (χ0v) is 18.6. The molecule has 6 heteroatoms. The van der Waals surface area contributed by atoms with E-state index in [9.17, 15) is 4.79 Å². The first-order chi connectivity index (χ1) is 14.6. The minimum atomic E-state index is 0.0735. The van der Waals surface area contributed by atoms with Crippen molar-refractivity contribution in [2.24, 2.45) is 0 Å². The number of likely N-dealkylation sites (tertiary alicyclic amines) is 1. The molecule has 1 amide bonds. The van der Waals surface area contributed by atoms with Crippen molar-refractivity contribution in [3.05, 3.63) is 59.0 Å². The molecule has 30 heavy (non-hydrogen) atoms. The van der Waals surface area contributed by atoms with Crippen molar-refractivity contribution in [2.75, 3.05) is 47.4 Å². The SMILES string of the molecule is COc1ccccc1OCCN(C)C(=O)c1sc2ccccc2c1[C@H]1CCN(C)C1. The number of hydrogen-bond donors (Lipinski definition) is 0. The third kappa shape index (κ3) is 4.16. The first-order valence-corrected chi connectivity index (χ1v) is 11.1. The van der Waals surface area contributed by atoms with Crippen molar-refractivity contribution in [2.45, 2.75) is 12.3 Å². The lowest BCUT2D eigenvalue weighted by Crippen LogP contribution is -2.31. The van der Waals surface area contributed by atoms with Gasteiger partial charge in [0.05, 0.1) is 18.5 Å². The molecule has 0 N–H and O–H groups in total. The number of carbonyl (C=O) groups is 1. The van der Waals surface area contributed by atoms with Crippen LogP contribution in [0.3, 0.4) is 0 Å². The largest absolute Gasteiger partial charge is 0.493 e. The summed E-state index contributed by atoms with van der Waals surface area (Å²) in [5.74, 6) is 1.87. The van der Waals surface area contributed by atoms with Gasteiger partial charge in [-0.3, -0.25) is 4.79 Å². The van der Waals surface area contributed by atoms with E-state index in [1.54, 1.807) is 23.3 Å². The summed E-state index contributed by atoms with van der Waals surface area (Å²) in [6, 6.07) is 15.9. The van der Waals surface area contributed by atoms with Crippen LogP contribution in [0.15, 0.2) is 48.5 Å². The lowest BCUT2D eigenvalue weighted by atomic mass is 9.95. The molecule has 0 aliphatic carbocycles. The highest BCUT2D eigenvalue weighted by molar-refractivity contribution is 7.21. The second-order valence-corrected chi connectivity index (χ2v) is 8.87. The molecule has 0 spiro atoms. The number of methoxy groups -OCH3 is 1. The number of carbonyl (C=O) groups excluding carboxylic acids is 1. The molecule has 1 aromatic heterocycles. The molecule has 1 aliphatic heterocycles. The Kier molecular flexibility index (Phi) is 6.25. The van der Waals surface area contributed by atoms with Crippen molar-refractivity contribution in [1.82, 2.24) is 9.80 Å². The second kappa shape index (κ2) is 9.06. The van der Waals surface area contributed by atoms with Crippen LogP contribution >= 0.6 is 11.3 Å². The molecule has 1 atom stereocenters. The summed E-state index contributed by atoms with van der Waals surface area (Å²) in [6.45, 7) is 3.00. The molecule has 4 rings (SSSR count). The molecule has 1 saturated heterocycles. The Balaban J connectivity index is 1.51. The fourth-order valence-corrected chi connectivity index (χ4v) is 5.39. The van der Waals surface area contributed by atoms with E-state index in [1.807, 2.05) is 37.4 Å². The van der Waals surface area contributed by atoms with Gasteiger partial charge in [0.1, 0.15) is 6.61 Å². The van der Waals surface area contributed by atoms with E-state index in [0.717, 1.165) is 24.4 Å². The summed E-state index contributed by atoms with van der Waals surface area (Å²) < 4.78 is 12.4. The average Bonchev–Trinajstić information content (AvgIpc) is 3.36. The third-order valence-electron chi connectivity index (χ3n) is 5.73. The summed E-state index contributed by atoms with van der Waals surface area (Å²) in [7, 11) is 5.63. The van der Waals surface area contributed by atoms with Crippen LogP contribution in [0.4, 0.5) is 0 Å². The monoisotopic (exact) mass is 424 g/mol. The average molecular weight is 425 g/mol. The van der Waals surface area contributed by atoms with Crippen molar-refractivity contribution in [3.63, 3.8) is 0 Å². The van der Waals surface area contributed by atoms with Crippen LogP contribution in [-0.4, -0.2) is 63.2 Å². The number of fused-ring (bicyclic) bond motifs is 1. The van der Waals surface area contributed by atoms with Gasteiger partial charge in [0, 0.05) is 24.2 Å². The predicted octanol–water partition coefficient (Wildman–Crippen LogP) is 4.48. The minimum absolute atomic E-state index is 0.0735. The fraction of sp³-hybridized carbons (Fsp3) is 0.375. The Morgan fingerprint density at radius 1 is 1.17 bits per heavy atom. The highest BCUT2D eigenvalue weighted by atomic mass is 32.1. The van der Waals surface area contributed by atoms with E-state index in [-0.39, 0.29) is 5.91 Å². The Labute approximate surface area is 181 Å². The van der Waals surface area contributed by atoms with E-state index >= 15 is 0 Å². The van der Waals surface area contributed by atoms with Crippen LogP contribution in [0.1, 0.15) is 27.6 Å². The van der Waals surface area contributed by atoms with Gasteiger partial charge in [0.25, 0.3) is 5.91 Å². The van der Waals surface area contributed by atoms with Crippen LogP contribution < -0.4 is 9.47 Å². The summed E-state index contributed by atoms with van der Waals surface area (Å²) in [6.07, 6.45) is 1.10. The lowest BCUT2D eigenvalue weighted by Gasteiger charge is -2.19. The van der Waals surface area contributed by atoms with Crippen LogP contribution in [0.2, 0.25) is 0 Å². The number of thiophene rings is 1. The van der Waals surface area contributed by atoms with Crippen LogP contribution in [0.25, 0.3) is 10.1 Å². The molecular weight excluding hydrogens is 396 g/mol. The van der Waals surface area contributed by atoms with Crippen molar-refractivity contribution in [3.8, 4) is 11.5 Å². The van der Waals surface area contributed by atoms with E-state index in [0.29, 0.717) is 30.6 Å². The maximum absolute atomic E-state index is 13.4. The molecule has 5 nitrogen and oxygen atoms in total. The van der Waals surface area contributed by atoms with E-state index < -0.39 is 0 Å². The summed E-state index contributed by atoms with van der Waals surface area (Å²) in [4.78, 5) is 18.4. The number of ether oxygens (including phenoxy) is 2. The van der Waals surface area contributed by atoms with Crippen LogP contribution in [0.5, 0.6) is 11.5 Å². The van der Waals surface area contributed by atoms with E-state index in [2.05, 4.69) is 30.1 Å². The number of amides is 1. The molecule has 0 unspecified atom stereocenters. The fourth-order valence-electron chi connectivity index (χ4n) is 4.11. The molecule has 1 fully saturated rings. The van der Waals surface area contributed by atoms with Gasteiger partial charge in [-0.1, -0.05) is 30.3 Å². The molecule has 0 saturated carbocycles. The first-order valence-electron chi connectivity index (χ1n) is 10.3. The highest BCUT2D eigenvalue weighted by Gasteiger charge is 2.30. The number of rotatable bonds is 7. The highest BCUT2D eigenvalue weighted by Crippen LogP contribution is 2.40. The van der Waals surface area contributed by atoms with Gasteiger partial charge in [-0.15, -0.1) is 11.3 Å². The number of benzene rings is 2. The Morgan fingerprint density at radius 2 is 1.90 bits per heavy atom. The lowest BCUT2D eigenvalue weighted by molar-refractivity contribution is 0.0776. The van der Waals surface area contributed by atoms with Crippen LogP contribution in [0, 0.1) is 0 Å². The van der Waals surface area contributed by atoms with Crippen LogP contribution in [-0.2, 0) is 0 Å².